The molecular weight excluding hydrogens is 469 g/mol. The molecule has 6 heteroatoms. The predicted molar refractivity (Wildman–Crippen MR) is 139 cm³/mol. The SMILES string of the molecule is C=CC[C@@]1(C)CC(c2cccc(Cl)c2)C(c2ccc(Cl)cc2)N(C(CC)C(O)CCCO)C1=O. The van der Waals surface area contributed by atoms with Crippen LogP contribution in [-0.4, -0.2) is 39.8 Å². The number of benzene rings is 2. The monoisotopic (exact) mass is 503 g/mol. The Morgan fingerprint density at radius 3 is 2.47 bits per heavy atom. The van der Waals surface area contributed by atoms with E-state index in [1.807, 2.05) is 61.2 Å². The van der Waals surface area contributed by atoms with E-state index in [0.29, 0.717) is 42.1 Å². The van der Waals surface area contributed by atoms with Crippen molar-refractivity contribution < 1.29 is 15.0 Å². The number of aliphatic hydroxyl groups excluding tert-OH is 2. The highest BCUT2D eigenvalue weighted by molar-refractivity contribution is 6.30. The highest BCUT2D eigenvalue weighted by atomic mass is 35.5. The summed E-state index contributed by atoms with van der Waals surface area (Å²) in [6, 6.07) is 14.7. The Labute approximate surface area is 213 Å². The first-order valence-electron chi connectivity index (χ1n) is 12.0. The minimum Gasteiger partial charge on any atom is -0.396 e. The summed E-state index contributed by atoms with van der Waals surface area (Å²) in [5.41, 5.74) is 1.36. The molecule has 1 amide bonds. The predicted octanol–water partition coefficient (Wildman–Crippen LogP) is 6.55. The Morgan fingerprint density at radius 1 is 1.18 bits per heavy atom. The van der Waals surface area contributed by atoms with Gasteiger partial charge in [0.15, 0.2) is 0 Å². The minimum absolute atomic E-state index is 0.00136. The van der Waals surface area contributed by atoms with Gasteiger partial charge in [0.05, 0.1) is 23.6 Å². The molecule has 4 unspecified atom stereocenters. The Bertz CT molecular complexity index is 980. The van der Waals surface area contributed by atoms with E-state index in [-0.39, 0.29) is 24.5 Å². The summed E-state index contributed by atoms with van der Waals surface area (Å²) in [6.07, 6.45) is 3.72. The Hall–Kier alpha value is -1.85. The van der Waals surface area contributed by atoms with E-state index >= 15 is 0 Å². The maximum atomic E-state index is 14.2. The van der Waals surface area contributed by atoms with E-state index in [0.717, 1.165) is 11.1 Å². The number of hydrogen-bond donors (Lipinski definition) is 2. The van der Waals surface area contributed by atoms with Crippen LogP contribution in [0, 0.1) is 5.41 Å². The standard InChI is InChI=1S/C28H35Cl2NO3/c1-4-15-28(3)18-23(20-8-6-9-22(30)17-20)26(19-11-13-21(29)14-12-19)31(27(28)34)24(5-2)25(33)10-7-16-32/h4,6,8-9,11-14,17,23-26,32-33H,1,5,7,10,15-16,18H2,2-3H3/t23?,24?,25?,26?,28-/m0/s1. The van der Waals surface area contributed by atoms with Gasteiger partial charge in [0.25, 0.3) is 0 Å². The zero-order valence-corrected chi connectivity index (χ0v) is 21.5. The normalized spacial score (nSPS) is 24.6. The number of aliphatic hydroxyl groups is 2. The van der Waals surface area contributed by atoms with E-state index in [2.05, 4.69) is 12.6 Å². The molecule has 1 fully saturated rings. The molecule has 0 radical (unpaired) electrons. The van der Waals surface area contributed by atoms with Crippen LogP contribution >= 0.6 is 23.2 Å². The molecule has 0 bridgehead atoms. The van der Waals surface area contributed by atoms with Crippen molar-refractivity contribution in [2.24, 2.45) is 5.41 Å². The Morgan fingerprint density at radius 2 is 1.88 bits per heavy atom. The summed E-state index contributed by atoms with van der Waals surface area (Å²) in [6.45, 7) is 7.90. The van der Waals surface area contributed by atoms with Gasteiger partial charge in [-0.3, -0.25) is 4.79 Å². The number of amides is 1. The van der Waals surface area contributed by atoms with Gasteiger partial charge in [-0.1, -0.05) is 67.4 Å². The molecule has 1 saturated heterocycles. The van der Waals surface area contributed by atoms with E-state index < -0.39 is 17.6 Å². The van der Waals surface area contributed by atoms with E-state index in [1.165, 1.54) is 0 Å². The minimum atomic E-state index is -0.748. The molecular formula is C28H35Cl2NO3. The molecule has 4 nitrogen and oxygen atoms in total. The number of rotatable bonds is 10. The Kier molecular flexibility index (Phi) is 9.22. The summed E-state index contributed by atoms with van der Waals surface area (Å²) < 4.78 is 0. The molecule has 2 aromatic rings. The molecule has 5 atom stereocenters. The van der Waals surface area contributed by atoms with Crippen molar-refractivity contribution in [1.29, 1.82) is 0 Å². The largest absolute Gasteiger partial charge is 0.396 e. The number of allylic oxidation sites excluding steroid dienone is 1. The molecule has 1 heterocycles. The molecule has 2 N–H and O–H groups in total. The van der Waals surface area contributed by atoms with Crippen molar-refractivity contribution >= 4 is 29.1 Å². The first-order valence-corrected chi connectivity index (χ1v) is 12.7. The van der Waals surface area contributed by atoms with Crippen LogP contribution in [0.4, 0.5) is 0 Å². The van der Waals surface area contributed by atoms with Gasteiger partial charge >= 0.3 is 0 Å². The second-order valence-electron chi connectivity index (χ2n) is 9.54. The number of nitrogens with zero attached hydrogens (tertiary/aromatic N) is 1. The average molecular weight is 504 g/mol. The summed E-state index contributed by atoms with van der Waals surface area (Å²) in [5.74, 6) is -0.0258. The van der Waals surface area contributed by atoms with E-state index in [1.54, 1.807) is 6.08 Å². The lowest BCUT2D eigenvalue weighted by molar-refractivity contribution is -0.158. The summed E-state index contributed by atoms with van der Waals surface area (Å²) in [7, 11) is 0. The number of carbonyl (C=O) groups is 1. The van der Waals surface area contributed by atoms with Crippen molar-refractivity contribution in [3.05, 3.63) is 82.4 Å². The van der Waals surface area contributed by atoms with Gasteiger partial charge in [0.2, 0.25) is 5.91 Å². The quantitative estimate of drug-likeness (QED) is 0.361. The van der Waals surface area contributed by atoms with Crippen LogP contribution in [0.15, 0.2) is 61.2 Å². The van der Waals surface area contributed by atoms with Crippen molar-refractivity contribution in [2.75, 3.05) is 6.61 Å². The molecule has 0 saturated carbocycles. The van der Waals surface area contributed by atoms with Crippen LogP contribution < -0.4 is 0 Å². The fourth-order valence-electron chi connectivity index (χ4n) is 5.40. The molecule has 1 aliphatic rings. The molecule has 1 aliphatic heterocycles. The van der Waals surface area contributed by atoms with Crippen molar-refractivity contribution in [3.63, 3.8) is 0 Å². The third kappa shape index (κ3) is 5.68. The van der Waals surface area contributed by atoms with Crippen LogP contribution in [0.5, 0.6) is 0 Å². The van der Waals surface area contributed by atoms with E-state index in [9.17, 15) is 15.0 Å². The molecule has 0 aliphatic carbocycles. The van der Waals surface area contributed by atoms with Crippen LogP contribution in [0.25, 0.3) is 0 Å². The maximum Gasteiger partial charge on any atom is 0.229 e. The highest BCUT2D eigenvalue weighted by Gasteiger charge is 2.51. The van der Waals surface area contributed by atoms with Crippen LogP contribution in [-0.2, 0) is 4.79 Å². The lowest BCUT2D eigenvalue weighted by Crippen LogP contribution is -2.58. The van der Waals surface area contributed by atoms with Gasteiger partial charge in [0, 0.05) is 22.6 Å². The molecule has 3 rings (SSSR count). The molecule has 0 spiro atoms. The fraction of sp³-hybridized carbons (Fsp3) is 0.464. The average Bonchev–Trinajstić information content (AvgIpc) is 2.81. The summed E-state index contributed by atoms with van der Waals surface area (Å²) in [4.78, 5) is 16.1. The third-order valence-electron chi connectivity index (χ3n) is 7.06. The van der Waals surface area contributed by atoms with Crippen molar-refractivity contribution in [1.82, 2.24) is 4.90 Å². The topological polar surface area (TPSA) is 60.8 Å². The zero-order chi connectivity index (χ0) is 24.9. The molecule has 184 valence electrons. The second-order valence-corrected chi connectivity index (χ2v) is 10.4. The number of likely N-dealkylation sites (tertiary alicyclic amines) is 1. The van der Waals surface area contributed by atoms with Gasteiger partial charge < -0.3 is 15.1 Å². The molecule has 2 aromatic carbocycles. The Balaban J connectivity index is 2.21. The van der Waals surface area contributed by atoms with Gasteiger partial charge in [-0.15, -0.1) is 6.58 Å². The van der Waals surface area contributed by atoms with Crippen LogP contribution in [0.1, 0.15) is 69.0 Å². The summed E-state index contributed by atoms with van der Waals surface area (Å²) in [5, 5.41) is 21.8. The summed E-state index contributed by atoms with van der Waals surface area (Å²) >= 11 is 12.6. The van der Waals surface area contributed by atoms with Gasteiger partial charge in [-0.2, -0.15) is 0 Å². The fourth-order valence-corrected chi connectivity index (χ4v) is 5.72. The lowest BCUT2D eigenvalue weighted by Gasteiger charge is -2.53. The number of carbonyl (C=O) groups excluding carboxylic acids is 1. The van der Waals surface area contributed by atoms with Gasteiger partial charge in [-0.05, 0) is 67.5 Å². The molecule has 0 aromatic heterocycles. The van der Waals surface area contributed by atoms with E-state index in [4.69, 9.17) is 23.2 Å². The van der Waals surface area contributed by atoms with Gasteiger partial charge in [0.1, 0.15) is 0 Å². The number of hydrogen-bond acceptors (Lipinski definition) is 3. The highest BCUT2D eigenvalue weighted by Crippen LogP contribution is 2.52. The lowest BCUT2D eigenvalue weighted by atomic mass is 9.66. The van der Waals surface area contributed by atoms with Crippen LogP contribution in [0.3, 0.4) is 0 Å². The second kappa shape index (κ2) is 11.7. The first-order chi connectivity index (χ1) is 16.3. The third-order valence-corrected chi connectivity index (χ3v) is 7.55. The first kappa shape index (κ1) is 26.7. The number of piperidine rings is 1. The van der Waals surface area contributed by atoms with Crippen molar-refractivity contribution in [2.45, 2.75) is 70.1 Å². The molecule has 34 heavy (non-hydrogen) atoms. The number of halogens is 2. The smallest absolute Gasteiger partial charge is 0.229 e. The zero-order valence-electron chi connectivity index (χ0n) is 20.0. The van der Waals surface area contributed by atoms with Crippen molar-refractivity contribution in [3.8, 4) is 0 Å². The maximum absolute atomic E-state index is 14.2. The van der Waals surface area contributed by atoms with Gasteiger partial charge in [-0.25, -0.2) is 0 Å². The van der Waals surface area contributed by atoms with Crippen LogP contribution in [0.2, 0.25) is 10.0 Å².